The van der Waals surface area contributed by atoms with Crippen molar-refractivity contribution in [2.24, 2.45) is 0 Å². The molecule has 0 radical (unpaired) electrons. The maximum Gasteiger partial charge on any atom is 0.247 e. The van der Waals surface area contributed by atoms with E-state index in [0.717, 1.165) is 11.3 Å². The van der Waals surface area contributed by atoms with Crippen molar-refractivity contribution >= 4 is 17.4 Å². The highest BCUT2D eigenvalue weighted by Crippen LogP contribution is 2.39. The summed E-state index contributed by atoms with van der Waals surface area (Å²) in [5, 5.41) is 12.3. The third kappa shape index (κ3) is 3.25. The monoisotopic (exact) mass is 366 g/mol. The van der Waals surface area contributed by atoms with Crippen LogP contribution in [0.3, 0.4) is 0 Å². The molecule has 7 heteroatoms. The van der Waals surface area contributed by atoms with Gasteiger partial charge in [0.1, 0.15) is 5.82 Å². The first-order valence-electron chi connectivity index (χ1n) is 8.01. The maximum atomic E-state index is 13.7. The van der Waals surface area contributed by atoms with E-state index in [1.165, 1.54) is 23.9 Å². The van der Waals surface area contributed by atoms with E-state index in [-0.39, 0.29) is 5.82 Å². The van der Waals surface area contributed by atoms with Crippen LogP contribution in [0.2, 0.25) is 0 Å². The Bertz CT molecular complexity index is 966. The van der Waals surface area contributed by atoms with Crippen LogP contribution < -0.4 is 10.1 Å². The van der Waals surface area contributed by atoms with Crippen LogP contribution in [0, 0.1) is 5.82 Å². The highest BCUT2D eigenvalue weighted by atomic mass is 32.2. The van der Waals surface area contributed by atoms with Gasteiger partial charge in [-0.1, -0.05) is 48.2 Å². The Morgan fingerprint density at radius 1 is 1.19 bits per heavy atom. The smallest absolute Gasteiger partial charge is 0.247 e. The van der Waals surface area contributed by atoms with Crippen LogP contribution in [0.25, 0.3) is 11.3 Å². The highest BCUT2D eigenvalue weighted by molar-refractivity contribution is 7.99. The van der Waals surface area contributed by atoms with E-state index in [4.69, 9.17) is 4.74 Å². The van der Waals surface area contributed by atoms with Crippen LogP contribution >= 0.6 is 11.8 Å². The third-order valence-corrected chi connectivity index (χ3v) is 4.65. The molecule has 1 unspecified atom stereocenters. The van der Waals surface area contributed by atoms with Gasteiger partial charge in [0.2, 0.25) is 11.0 Å². The number of ether oxygens (including phenoxy) is 1. The molecule has 2 aromatic carbocycles. The zero-order valence-electron chi connectivity index (χ0n) is 13.7. The summed E-state index contributed by atoms with van der Waals surface area (Å²) < 4.78 is 19.8. The zero-order chi connectivity index (χ0) is 17.9. The van der Waals surface area contributed by atoms with Gasteiger partial charge in [-0.2, -0.15) is 4.98 Å². The molecular weight excluding hydrogens is 351 g/mol. The Morgan fingerprint density at radius 3 is 2.92 bits per heavy atom. The lowest BCUT2D eigenvalue weighted by atomic mass is 10.1. The molecule has 3 aromatic rings. The van der Waals surface area contributed by atoms with Crippen LogP contribution in [0.4, 0.5) is 10.1 Å². The number of halogens is 1. The summed E-state index contributed by atoms with van der Waals surface area (Å²) >= 11 is 1.42. The van der Waals surface area contributed by atoms with E-state index in [1.54, 1.807) is 18.2 Å². The molecule has 2 heterocycles. The number of anilines is 1. The van der Waals surface area contributed by atoms with Gasteiger partial charge in [0.25, 0.3) is 0 Å². The number of thioether (sulfide) groups is 1. The number of benzene rings is 2. The van der Waals surface area contributed by atoms with Crippen molar-refractivity contribution in [1.29, 1.82) is 0 Å². The molecule has 0 bridgehead atoms. The molecule has 1 atom stereocenters. The largest absolute Gasteiger partial charge is 0.448 e. The lowest BCUT2D eigenvalue weighted by Crippen LogP contribution is -2.17. The normalized spacial score (nSPS) is 15.0. The zero-order valence-corrected chi connectivity index (χ0v) is 14.5. The summed E-state index contributed by atoms with van der Waals surface area (Å²) in [7, 11) is 0. The fourth-order valence-corrected chi connectivity index (χ4v) is 3.18. The summed E-state index contributed by atoms with van der Waals surface area (Å²) in [4.78, 5) is 4.49. The average molecular weight is 366 g/mol. The summed E-state index contributed by atoms with van der Waals surface area (Å²) in [6, 6.07) is 14.0. The van der Waals surface area contributed by atoms with Crippen molar-refractivity contribution in [2.45, 2.75) is 11.4 Å². The number of hydrogen-bond donors (Lipinski definition) is 1. The number of nitrogens with zero attached hydrogens (tertiary/aromatic N) is 3. The van der Waals surface area contributed by atoms with Gasteiger partial charge >= 0.3 is 0 Å². The van der Waals surface area contributed by atoms with Crippen molar-refractivity contribution in [3.05, 3.63) is 72.6 Å². The van der Waals surface area contributed by atoms with Crippen molar-refractivity contribution in [1.82, 2.24) is 15.2 Å². The van der Waals surface area contributed by atoms with Gasteiger partial charge in [0, 0.05) is 22.6 Å². The number of fused-ring (bicyclic) bond motifs is 3. The second-order valence-corrected chi connectivity index (χ2v) is 6.58. The van der Waals surface area contributed by atoms with Crippen molar-refractivity contribution in [3.8, 4) is 17.1 Å². The summed E-state index contributed by atoms with van der Waals surface area (Å²) in [5.41, 5.74) is 2.87. The molecule has 130 valence electrons. The number of rotatable bonds is 4. The fourth-order valence-electron chi connectivity index (χ4n) is 2.66. The van der Waals surface area contributed by atoms with E-state index >= 15 is 0 Å². The molecule has 0 fully saturated rings. The Hall–Kier alpha value is -2.93. The fraction of sp³-hybridized carbons (Fsp3) is 0.105. The maximum absolute atomic E-state index is 13.7. The molecule has 0 aliphatic carbocycles. The molecular formula is C19H15FN4OS. The van der Waals surface area contributed by atoms with Crippen LogP contribution in [-0.4, -0.2) is 20.9 Å². The van der Waals surface area contributed by atoms with Crippen molar-refractivity contribution in [2.75, 3.05) is 11.1 Å². The predicted molar refractivity (Wildman–Crippen MR) is 99.6 cm³/mol. The molecule has 1 N–H and O–H groups in total. The minimum Gasteiger partial charge on any atom is -0.448 e. The van der Waals surface area contributed by atoms with E-state index < -0.39 is 6.23 Å². The van der Waals surface area contributed by atoms with Gasteiger partial charge in [0.15, 0.2) is 11.9 Å². The van der Waals surface area contributed by atoms with Gasteiger partial charge in [0.05, 0.1) is 0 Å². The topological polar surface area (TPSA) is 59.9 Å². The minimum absolute atomic E-state index is 0.325. The van der Waals surface area contributed by atoms with E-state index in [0.29, 0.717) is 28.0 Å². The van der Waals surface area contributed by atoms with Gasteiger partial charge in [-0.05, 0) is 18.2 Å². The Morgan fingerprint density at radius 2 is 2.08 bits per heavy atom. The lowest BCUT2D eigenvalue weighted by Gasteiger charge is -2.19. The van der Waals surface area contributed by atoms with Crippen LogP contribution in [0.1, 0.15) is 11.8 Å². The van der Waals surface area contributed by atoms with E-state index in [2.05, 4.69) is 27.1 Å². The lowest BCUT2D eigenvalue weighted by molar-refractivity contribution is 0.225. The molecule has 1 aromatic heterocycles. The standard InChI is InChI=1S/C19H15FN4OS/c1-2-10-26-19-22-18-16(23-24-19)14-8-3-4-9-15(14)21-17(25-18)12-6-5-7-13(20)11-12/h2-9,11,17,21H,1,10H2. The van der Waals surface area contributed by atoms with Crippen LogP contribution in [0.15, 0.2) is 66.3 Å². The number of para-hydroxylation sites is 1. The van der Waals surface area contributed by atoms with Crippen LogP contribution in [0.5, 0.6) is 5.88 Å². The second kappa shape index (κ2) is 7.13. The Kier molecular flexibility index (Phi) is 4.53. The Balaban J connectivity index is 1.80. The van der Waals surface area contributed by atoms with Crippen molar-refractivity contribution < 1.29 is 9.13 Å². The molecule has 1 aliphatic rings. The number of aromatic nitrogens is 3. The Labute approximate surface area is 154 Å². The van der Waals surface area contributed by atoms with E-state index in [9.17, 15) is 4.39 Å². The van der Waals surface area contributed by atoms with Crippen molar-refractivity contribution in [3.63, 3.8) is 0 Å². The average Bonchev–Trinajstić information content (AvgIpc) is 2.83. The first-order valence-corrected chi connectivity index (χ1v) is 8.99. The molecule has 5 nitrogen and oxygen atoms in total. The van der Waals surface area contributed by atoms with E-state index in [1.807, 2.05) is 24.3 Å². The summed E-state index contributed by atoms with van der Waals surface area (Å²) in [6.07, 6.45) is 1.18. The van der Waals surface area contributed by atoms with Gasteiger partial charge in [-0.3, -0.25) is 0 Å². The minimum atomic E-state index is -0.595. The molecule has 4 rings (SSSR count). The first-order chi connectivity index (χ1) is 12.7. The quantitative estimate of drug-likeness (QED) is 0.543. The highest BCUT2D eigenvalue weighted by Gasteiger charge is 2.26. The molecule has 0 saturated carbocycles. The molecule has 26 heavy (non-hydrogen) atoms. The molecule has 0 amide bonds. The molecule has 1 aliphatic heterocycles. The molecule has 0 saturated heterocycles. The first kappa shape index (κ1) is 16.5. The van der Waals surface area contributed by atoms with Gasteiger partial charge in [-0.25, -0.2) is 4.39 Å². The number of hydrogen-bond acceptors (Lipinski definition) is 6. The summed E-state index contributed by atoms with van der Waals surface area (Å²) in [5.74, 6) is 0.704. The predicted octanol–water partition coefficient (Wildman–Crippen LogP) is 4.46. The van der Waals surface area contributed by atoms with Crippen LogP contribution in [-0.2, 0) is 0 Å². The second-order valence-electron chi connectivity index (χ2n) is 5.59. The SMILES string of the molecule is C=CCSc1nnc2c(n1)OC(c1cccc(F)c1)Nc1ccccc1-2. The number of nitrogens with one attached hydrogen (secondary N) is 1. The molecule has 0 spiro atoms. The summed E-state index contributed by atoms with van der Waals surface area (Å²) in [6.45, 7) is 3.69. The van der Waals surface area contributed by atoms with Gasteiger partial charge in [-0.15, -0.1) is 16.8 Å². The third-order valence-electron chi connectivity index (χ3n) is 3.82. The van der Waals surface area contributed by atoms with Gasteiger partial charge < -0.3 is 10.1 Å².